The maximum absolute atomic E-state index is 11.4. The summed E-state index contributed by atoms with van der Waals surface area (Å²) in [5.41, 5.74) is 1.84. The Bertz CT molecular complexity index is 468. The summed E-state index contributed by atoms with van der Waals surface area (Å²) in [6, 6.07) is 0. The molecule has 0 aliphatic carbocycles. The first-order chi connectivity index (χ1) is 7.48. The molecule has 1 aliphatic rings. The van der Waals surface area contributed by atoms with Crippen LogP contribution in [0, 0.1) is 6.92 Å². The number of hydrogen-bond acceptors (Lipinski definition) is 4. The predicted octanol–water partition coefficient (Wildman–Crippen LogP) is 0.0510. The molecule has 1 aliphatic heterocycles. The van der Waals surface area contributed by atoms with E-state index in [4.69, 9.17) is 4.74 Å². The molecule has 1 N–H and O–H groups in total. The summed E-state index contributed by atoms with van der Waals surface area (Å²) in [4.78, 5) is 0. The van der Waals surface area contributed by atoms with E-state index in [-0.39, 0.29) is 6.10 Å². The van der Waals surface area contributed by atoms with Crippen molar-refractivity contribution in [2.45, 2.75) is 13.0 Å². The quantitative estimate of drug-likeness (QED) is 0.799. The Balaban J connectivity index is 2.17. The molecule has 2 rings (SSSR count). The van der Waals surface area contributed by atoms with Crippen LogP contribution in [0.1, 0.15) is 17.4 Å². The minimum Gasteiger partial charge on any atom is -0.369 e. The molecule has 7 heteroatoms. The van der Waals surface area contributed by atoms with Crippen molar-refractivity contribution in [3.8, 4) is 0 Å². The zero-order valence-electron chi connectivity index (χ0n) is 9.30. The molecule has 16 heavy (non-hydrogen) atoms. The molecule has 0 bridgehead atoms. The van der Waals surface area contributed by atoms with Crippen LogP contribution in [0.15, 0.2) is 6.20 Å². The number of hydrogen-bond donors (Lipinski definition) is 1. The van der Waals surface area contributed by atoms with Gasteiger partial charge in [0.2, 0.25) is 10.0 Å². The monoisotopic (exact) mass is 245 g/mol. The van der Waals surface area contributed by atoms with Crippen molar-refractivity contribution in [3.63, 3.8) is 0 Å². The van der Waals surface area contributed by atoms with Gasteiger partial charge >= 0.3 is 0 Å². The van der Waals surface area contributed by atoms with Gasteiger partial charge in [0.15, 0.2) is 0 Å². The van der Waals surface area contributed by atoms with E-state index in [0.717, 1.165) is 11.3 Å². The highest BCUT2D eigenvalue weighted by Gasteiger charge is 2.29. The summed E-state index contributed by atoms with van der Waals surface area (Å²) in [5, 5.41) is 6.76. The Kier molecular flexibility index (Phi) is 3.00. The highest BCUT2D eigenvalue weighted by molar-refractivity contribution is 7.88. The maximum atomic E-state index is 11.4. The number of H-pyrrole nitrogens is 1. The Morgan fingerprint density at radius 2 is 2.38 bits per heavy atom. The number of aromatic nitrogens is 2. The lowest BCUT2D eigenvalue weighted by Gasteiger charge is -2.30. The summed E-state index contributed by atoms with van der Waals surface area (Å²) in [5.74, 6) is 0. The third-order valence-corrected chi connectivity index (χ3v) is 3.96. The van der Waals surface area contributed by atoms with Crippen LogP contribution in [0.5, 0.6) is 0 Å². The van der Waals surface area contributed by atoms with E-state index in [2.05, 4.69) is 10.2 Å². The van der Waals surface area contributed by atoms with Crippen LogP contribution in [0.2, 0.25) is 0 Å². The fraction of sp³-hybridized carbons (Fsp3) is 0.667. The van der Waals surface area contributed by atoms with Gasteiger partial charge in [0.05, 0.1) is 24.8 Å². The SMILES string of the molecule is Cc1cn[nH]c1[C@H]1CN(S(C)(=O)=O)CCO1. The lowest BCUT2D eigenvalue weighted by molar-refractivity contribution is -0.00508. The highest BCUT2D eigenvalue weighted by Crippen LogP contribution is 2.23. The van der Waals surface area contributed by atoms with E-state index < -0.39 is 10.0 Å². The van der Waals surface area contributed by atoms with Crippen molar-refractivity contribution in [3.05, 3.63) is 17.5 Å². The minimum atomic E-state index is -3.14. The molecule has 0 saturated carbocycles. The van der Waals surface area contributed by atoms with Crippen LogP contribution < -0.4 is 0 Å². The van der Waals surface area contributed by atoms with Crippen LogP contribution in [-0.4, -0.2) is 48.9 Å². The molecular formula is C9H15N3O3S. The molecule has 0 radical (unpaired) electrons. The summed E-state index contributed by atoms with van der Waals surface area (Å²) in [6.45, 7) is 3.10. The van der Waals surface area contributed by atoms with Crippen molar-refractivity contribution in [1.82, 2.24) is 14.5 Å². The number of aromatic amines is 1. The van der Waals surface area contributed by atoms with Gasteiger partial charge in [-0.25, -0.2) is 8.42 Å². The molecule has 1 atom stereocenters. The predicted molar refractivity (Wildman–Crippen MR) is 58.4 cm³/mol. The third kappa shape index (κ3) is 2.26. The average molecular weight is 245 g/mol. The smallest absolute Gasteiger partial charge is 0.211 e. The van der Waals surface area contributed by atoms with Crippen molar-refractivity contribution in [2.24, 2.45) is 0 Å². The lowest BCUT2D eigenvalue weighted by Crippen LogP contribution is -2.41. The summed E-state index contributed by atoms with van der Waals surface area (Å²) >= 11 is 0. The first kappa shape index (κ1) is 11.6. The minimum absolute atomic E-state index is 0.244. The molecule has 0 spiro atoms. The normalized spacial score (nSPS) is 23.5. The summed E-state index contributed by atoms with van der Waals surface area (Å²) < 4.78 is 29.8. The molecule has 1 aromatic rings. The number of ether oxygens (including phenoxy) is 1. The third-order valence-electron chi connectivity index (χ3n) is 2.69. The Morgan fingerprint density at radius 3 is 2.94 bits per heavy atom. The van der Waals surface area contributed by atoms with E-state index in [0.29, 0.717) is 19.7 Å². The number of nitrogens with zero attached hydrogens (tertiary/aromatic N) is 2. The van der Waals surface area contributed by atoms with Gasteiger partial charge in [0.1, 0.15) is 6.10 Å². The van der Waals surface area contributed by atoms with Gasteiger partial charge in [0.25, 0.3) is 0 Å². The number of rotatable bonds is 2. The molecule has 0 amide bonds. The van der Waals surface area contributed by atoms with Crippen molar-refractivity contribution < 1.29 is 13.2 Å². The van der Waals surface area contributed by atoms with E-state index in [9.17, 15) is 8.42 Å². The zero-order valence-corrected chi connectivity index (χ0v) is 10.1. The molecule has 0 unspecified atom stereocenters. The number of sulfonamides is 1. The van der Waals surface area contributed by atoms with Crippen LogP contribution in [0.4, 0.5) is 0 Å². The molecule has 1 saturated heterocycles. The number of nitrogens with one attached hydrogen (secondary N) is 1. The van der Waals surface area contributed by atoms with E-state index >= 15 is 0 Å². The number of morpholine rings is 1. The zero-order chi connectivity index (χ0) is 11.8. The topological polar surface area (TPSA) is 75.3 Å². The molecular weight excluding hydrogens is 230 g/mol. The van der Waals surface area contributed by atoms with Crippen molar-refractivity contribution in [2.75, 3.05) is 26.0 Å². The largest absolute Gasteiger partial charge is 0.369 e. The first-order valence-electron chi connectivity index (χ1n) is 5.05. The van der Waals surface area contributed by atoms with Crippen LogP contribution in [0.25, 0.3) is 0 Å². The summed E-state index contributed by atoms with van der Waals surface area (Å²) in [6.07, 6.45) is 2.68. The number of aryl methyl sites for hydroxylation is 1. The Morgan fingerprint density at radius 1 is 1.62 bits per heavy atom. The Labute approximate surface area is 94.6 Å². The van der Waals surface area contributed by atoms with Gasteiger partial charge in [-0.05, 0) is 12.5 Å². The van der Waals surface area contributed by atoms with Gasteiger partial charge in [-0.1, -0.05) is 0 Å². The lowest BCUT2D eigenvalue weighted by atomic mass is 10.1. The summed E-state index contributed by atoms with van der Waals surface area (Å²) in [7, 11) is -3.14. The van der Waals surface area contributed by atoms with Crippen molar-refractivity contribution >= 4 is 10.0 Å². The molecule has 1 fully saturated rings. The Hall–Kier alpha value is -0.920. The molecule has 1 aromatic heterocycles. The average Bonchev–Trinajstić information content (AvgIpc) is 2.63. The van der Waals surface area contributed by atoms with Gasteiger partial charge in [-0.2, -0.15) is 9.40 Å². The maximum Gasteiger partial charge on any atom is 0.211 e. The molecule has 0 aromatic carbocycles. The van der Waals surface area contributed by atoms with E-state index in [1.54, 1.807) is 6.20 Å². The molecule has 2 heterocycles. The first-order valence-corrected chi connectivity index (χ1v) is 6.90. The second-order valence-electron chi connectivity index (χ2n) is 3.95. The van der Waals surface area contributed by atoms with Crippen LogP contribution >= 0.6 is 0 Å². The molecule has 6 nitrogen and oxygen atoms in total. The van der Waals surface area contributed by atoms with Crippen LogP contribution in [-0.2, 0) is 14.8 Å². The van der Waals surface area contributed by atoms with Crippen LogP contribution in [0.3, 0.4) is 0 Å². The molecule has 90 valence electrons. The standard InChI is InChI=1S/C9H15N3O3S/c1-7-5-10-11-9(7)8-6-12(3-4-15-8)16(2,13)14/h5,8H,3-4,6H2,1-2H3,(H,10,11)/t8-/m1/s1. The highest BCUT2D eigenvalue weighted by atomic mass is 32.2. The fourth-order valence-corrected chi connectivity index (χ4v) is 2.60. The van der Waals surface area contributed by atoms with Gasteiger partial charge < -0.3 is 4.74 Å². The second-order valence-corrected chi connectivity index (χ2v) is 5.93. The second kappa shape index (κ2) is 4.15. The van der Waals surface area contributed by atoms with Gasteiger partial charge in [-0.3, -0.25) is 5.10 Å². The van der Waals surface area contributed by atoms with Gasteiger partial charge in [0, 0.05) is 13.1 Å². The van der Waals surface area contributed by atoms with E-state index in [1.807, 2.05) is 6.92 Å². The van der Waals surface area contributed by atoms with E-state index in [1.165, 1.54) is 10.6 Å². The fourth-order valence-electron chi connectivity index (χ4n) is 1.78. The van der Waals surface area contributed by atoms with Crippen molar-refractivity contribution in [1.29, 1.82) is 0 Å². The van der Waals surface area contributed by atoms with Gasteiger partial charge in [-0.15, -0.1) is 0 Å².